The first-order valence-corrected chi connectivity index (χ1v) is 7.30. The van der Waals surface area contributed by atoms with Gasteiger partial charge in [0.1, 0.15) is 0 Å². The summed E-state index contributed by atoms with van der Waals surface area (Å²) < 4.78 is 0. The number of amides is 1. The molecule has 1 aromatic carbocycles. The minimum absolute atomic E-state index is 0.313. The number of nitrogens with zero attached hydrogens (tertiary/aromatic N) is 1. The molecule has 0 aromatic heterocycles. The van der Waals surface area contributed by atoms with E-state index in [1.165, 1.54) is 31.2 Å². The topological polar surface area (TPSA) is 58.4 Å². The van der Waals surface area contributed by atoms with Crippen LogP contribution >= 0.6 is 0 Å². The summed E-state index contributed by atoms with van der Waals surface area (Å²) >= 11 is 0. The lowest BCUT2D eigenvalue weighted by molar-refractivity contribution is 0.100. The van der Waals surface area contributed by atoms with Crippen molar-refractivity contribution in [1.82, 2.24) is 10.2 Å². The van der Waals surface area contributed by atoms with Gasteiger partial charge in [-0.05, 0) is 44.6 Å². The fourth-order valence-electron chi connectivity index (χ4n) is 3.04. The predicted octanol–water partition coefficient (Wildman–Crippen LogP) is 1.75. The Bertz CT molecular complexity index is 447. The van der Waals surface area contributed by atoms with Crippen LogP contribution in [-0.4, -0.2) is 37.0 Å². The van der Waals surface area contributed by atoms with Gasteiger partial charge in [-0.3, -0.25) is 4.79 Å². The summed E-state index contributed by atoms with van der Waals surface area (Å²) in [6.45, 7) is 1.84. The maximum Gasteiger partial charge on any atom is 0.248 e. The van der Waals surface area contributed by atoms with Crippen molar-refractivity contribution in [1.29, 1.82) is 0 Å². The number of rotatable bonds is 6. The number of likely N-dealkylation sites (N-methyl/N-ethyl adjacent to an activating group) is 1. The molecule has 1 aliphatic rings. The van der Waals surface area contributed by atoms with Crippen molar-refractivity contribution in [2.75, 3.05) is 20.6 Å². The van der Waals surface area contributed by atoms with Gasteiger partial charge in [0, 0.05) is 24.2 Å². The van der Waals surface area contributed by atoms with Gasteiger partial charge in [0.05, 0.1) is 0 Å². The number of primary amides is 1. The van der Waals surface area contributed by atoms with Gasteiger partial charge in [0.2, 0.25) is 5.91 Å². The van der Waals surface area contributed by atoms with Gasteiger partial charge in [-0.1, -0.05) is 25.0 Å². The monoisotopic (exact) mass is 275 g/mol. The lowest BCUT2D eigenvalue weighted by Crippen LogP contribution is -2.49. The molecule has 1 fully saturated rings. The van der Waals surface area contributed by atoms with E-state index in [1.807, 2.05) is 12.1 Å². The largest absolute Gasteiger partial charge is 0.366 e. The second-order valence-corrected chi connectivity index (χ2v) is 5.99. The number of hydrogen-bond acceptors (Lipinski definition) is 3. The van der Waals surface area contributed by atoms with Crippen molar-refractivity contribution in [3.05, 3.63) is 35.4 Å². The Balaban J connectivity index is 1.87. The Morgan fingerprint density at radius 2 is 1.85 bits per heavy atom. The number of nitrogens with one attached hydrogen (secondary N) is 1. The van der Waals surface area contributed by atoms with E-state index in [-0.39, 0.29) is 5.91 Å². The lowest BCUT2D eigenvalue weighted by atomic mass is 9.96. The fourth-order valence-corrected chi connectivity index (χ4v) is 3.04. The number of nitrogens with two attached hydrogens (primary N) is 1. The molecule has 1 aromatic rings. The van der Waals surface area contributed by atoms with Crippen LogP contribution in [0.25, 0.3) is 0 Å². The molecule has 1 saturated carbocycles. The van der Waals surface area contributed by atoms with E-state index in [2.05, 4.69) is 24.3 Å². The van der Waals surface area contributed by atoms with Gasteiger partial charge in [0.15, 0.2) is 0 Å². The molecule has 3 N–H and O–H groups in total. The smallest absolute Gasteiger partial charge is 0.248 e. The molecule has 0 bridgehead atoms. The molecule has 0 atom stereocenters. The summed E-state index contributed by atoms with van der Waals surface area (Å²) in [5.74, 6) is -0.373. The van der Waals surface area contributed by atoms with E-state index < -0.39 is 0 Å². The average Bonchev–Trinajstić information content (AvgIpc) is 2.89. The molecule has 4 heteroatoms. The van der Waals surface area contributed by atoms with E-state index in [0.717, 1.165) is 13.1 Å². The minimum atomic E-state index is -0.373. The van der Waals surface area contributed by atoms with Crippen LogP contribution in [-0.2, 0) is 6.54 Å². The highest BCUT2D eigenvalue weighted by atomic mass is 16.1. The first kappa shape index (κ1) is 15.0. The second-order valence-electron chi connectivity index (χ2n) is 5.99. The number of benzene rings is 1. The van der Waals surface area contributed by atoms with Crippen molar-refractivity contribution in [3.63, 3.8) is 0 Å². The van der Waals surface area contributed by atoms with Gasteiger partial charge >= 0.3 is 0 Å². The van der Waals surface area contributed by atoms with Crippen molar-refractivity contribution in [3.8, 4) is 0 Å². The Morgan fingerprint density at radius 1 is 1.25 bits per heavy atom. The Hall–Kier alpha value is -1.39. The second kappa shape index (κ2) is 6.37. The zero-order valence-electron chi connectivity index (χ0n) is 12.5. The highest BCUT2D eigenvalue weighted by Crippen LogP contribution is 2.33. The van der Waals surface area contributed by atoms with Crippen LogP contribution in [0.3, 0.4) is 0 Å². The molecule has 20 heavy (non-hydrogen) atoms. The maximum absolute atomic E-state index is 11.0. The van der Waals surface area contributed by atoms with Crippen LogP contribution in [0.15, 0.2) is 24.3 Å². The van der Waals surface area contributed by atoms with Crippen molar-refractivity contribution in [2.45, 2.75) is 37.8 Å². The van der Waals surface area contributed by atoms with Crippen molar-refractivity contribution >= 4 is 5.91 Å². The van der Waals surface area contributed by atoms with E-state index >= 15 is 0 Å². The van der Waals surface area contributed by atoms with Crippen LogP contribution in [0.1, 0.15) is 41.6 Å². The van der Waals surface area contributed by atoms with Crippen molar-refractivity contribution in [2.24, 2.45) is 5.73 Å². The molecule has 0 unspecified atom stereocenters. The third-order valence-corrected chi connectivity index (χ3v) is 4.50. The Labute approximate surface area is 121 Å². The zero-order chi connectivity index (χ0) is 14.6. The summed E-state index contributed by atoms with van der Waals surface area (Å²) in [6.07, 6.45) is 5.20. The first-order valence-electron chi connectivity index (χ1n) is 7.30. The summed E-state index contributed by atoms with van der Waals surface area (Å²) in [7, 11) is 4.35. The molecule has 4 nitrogen and oxygen atoms in total. The van der Waals surface area contributed by atoms with Crippen LogP contribution in [0.4, 0.5) is 0 Å². The third kappa shape index (κ3) is 3.38. The average molecular weight is 275 g/mol. The molecule has 1 amide bonds. The van der Waals surface area contributed by atoms with Gasteiger partial charge in [-0.25, -0.2) is 0 Å². The Morgan fingerprint density at radius 3 is 2.35 bits per heavy atom. The van der Waals surface area contributed by atoms with E-state index in [0.29, 0.717) is 11.1 Å². The first-order chi connectivity index (χ1) is 9.53. The molecule has 110 valence electrons. The molecular formula is C16H25N3O. The van der Waals surface area contributed by atoms with Gasteiger partial charge in [0.25, 0.3) is 0 Å². The van der Waals surface area contributed by atoms with E-state index in [9.17, 15) is 4.79 Å². The quantitative estimate of drug-likeness (QED) is 0.831. The van der Waals surface area contributed by atoms with Gasteiger partial charge in [-0.15, -0.1) is 0 Å². The predicted molar refractivity (Wildman–Crippen MR) is 81.6 cm³/mol. The zero-order valence-corrected chi connectivity index (χ0v) is 12.5. The summed E-state index contributed by atoms with van der Waals surface area (Å²) in [5.41, 5.74) is 7.30. The van der Waals surface area contributed by atoms with Crippen LogP contribution in [0.5, 0.6) is 0 Å². The number of carbonyl (C=O) groups is 1. The standard InChI is InChI=1S/C16H25N3O/c1-19(2)16(9-3-4-10-16)12-18-11-13-5-7-14(8-6-13)15(17)20/h5-8,18H,3-4,9-12H2,1-2H3,(H2,17,20). The van der Waals surface area contributed by atoms with Crippen LogP contribution in [0, 0.1) is 0 Å². The maximum atomic E-state index is 11.0. The summed E-state index contributed by atoms with van der Waals surface area (Å²) in [4.78, 5) is 13.4. The summed E-state index contributed by atoms with van der Waals surface area (Å²) in [6, 6.07) is 7.50. The molecule has 0 radical (unpaired) electrons. The van der Waals surface area contributed by atoms with E-state index in [1.54, 1.807) is 12.1 Å². The fraction of sp³-hybridized carbons (Fsp3) is 0.562. The SMILES string of the molecule is CN(C)C1(CNCc2ccc(C(N)=O)cc2)CCCC1. The molecule has 0 spiro atoms. The van der Waals surface area contributed by atoms with Gasteiger partial charge < -0.3 is 16.0 Å². The Kier molecular flexibility index (Phi) is 4.78. The number of hydrogen-bond donors (Lipinski definition) is 2. The molecule has 1 aliphatic carbocycles. The molecular weight excluding hydrogens is 250 g/mol. The van der Waals surface area contributed by atoms with Crippen LogP contribution < -0.4 is 11.1 Å². The van der Waals surface area contributed by atoms with Crippen molar-refractivity contribution < 1.29 is 4.79 Å². The molecule has 2 rings (SSSR count). The highest BCUT2D eigenvalue weighted by Gasteiger charge is 2.35. The number of carbonyl (C=O) groups excluding carboxylic acids is 1. The van der Waals surface area contributed by atoms with Crippen LogP contribution in [0.2, 0.25) is 0 Å². The van der Waals surface area contributed by atoms with Gasteiger partial charge in [-0.2, -0.15) is 0 Å². The highest BCUT2D eigenvalue weighted by molar-refractivity contribution is 5.92. The molecule has 0 saturated heterocycles. The van der Waals surface area contributed by atoms with E-state index in [4.69, 9.17) is 5.73 Å². The molecule has 0 heterocycles. The minimum Gasteiger partial charge on any atom is -0.366 e. The third-order valence-electron chi connectivity index (χ3n) is 4.50. The summed E-state index contributed by atoms with van der Waals surface area (Å²) in [5, 5.41) is 3.56. The molecule has 0 aliphatic heterocycles. The normalized spacial score (nSPS) is 17.6. The lowest BCUT2D eigenvalue weighted by Gasteiger charge is -2.36.